The summed E-state index contributed by atoms with van der Waals surface area (Å²) in [4.78, 5) is 8.54. The van der Waals surface area contributed by atoms with Crippen molar-refractivity contribution in [3.05, 3.63) is 48.6 Å². The van der Waals surface area contributed by atoms with Crippen molar-refractivity contribution in [2.24, 2.45) is 7.05 Å². The van der Waals surface area contributed by atoms with Gasteiger partial charge in [-0.15, -0.1) is 0 Å². The lowest BCUT2D eigenvalue weighted by atomic mass is 10.1. The van der Waals surface area contributed by atoms with Crippen molar-refractivity contribution in [2.75, 3.05) is 7.05 Å². The third-order valence-electron chi connectivity index (χ3n) is 3.07. The Hall–Kier alpha value is -2.21. The molecule has 1 N–H and O–H groups in total. The average Bonchev–Trinajstić information content (AvgIpc) is 2.99. The minimum Gasteiger partial charge on any atom is -0.336 e. The molecule has 6 heteroatoms. The zero-order chi connectivity index (χ0) is 12.5. The molecular weight excluding hydrogens is 228 g/mol. The van der Waals surface area contributed by atoms with Crippen molar-refractivity contribution >= 4 is 5.52 Å². The second-order valence-electron chi connectivity index (χ2n) is 4.12. The van der Waals surface area contributed by atoms with Crippen molar-refractivity contribution in [2.45, 2.75) is 6.04 Å². The molecule has 92 valence electrons. The fourth-order valence-electron chi connectivity index (χ4n) is 2.15. The van der Waals surface area contributed by atoms with Crippen LogP contribution in [0.3, 0.4) is 0 Å². The van der Waals surface area contributed by atoms with Crippen LogP contribution in [0.25, 0.3) is 5.52 Å². The molecule has 3 aromatic heterocycles. The van der Waals surface area contributed by atoms with Gasteiger partial charge in [0.25, 0.3) is 0 Å². The molecule has 3 aromatic rings. The lowest BCUT2D eigenvalue weighted by Gasteiger charge is -2.14. The number of hydrogen-bond donors (Lipinski definition) is 1. The van der Waals surface area contributed by atoms with Crippen molar-refractivity contribution < 1.29 is 0 Å². The van der Waals surface area contributed by atoms with Gasteiger partial charge in [-0.3, -0.25) is 4.98 Å². The number of aromatic nitrogens is 5. The number of rotatable bonds is 3. The highest BCUT2D eigenvalue weighted by molar-refractivity contribution is 5.54. The highest BCUT2D eigenvalue weighted by Crippen LogP contribution is 2.23. The smallest absolute Gasteiger partial charge is 0.130 e. The normalized spacial score (nSPS) is 13.0. The van der Waals surface area contributed by atoms with Crippen molar-refractivity contribution in [1.82, 2.24) is 29.5 Å². The van der Waals surface area contributed by atoms with Gasteiger partial charge in [0.1, 0.15) is 5.82 Å². The molecule has 0 spiro atoms. The van der Waals surface area contributed by atoms with Gasteiger partial charge >= 0.3 is 0 Å². The van der Waals surface area contributed by atoms with Crippen LogP contribution in [-0.2, 0) is 7.05 Å². The Morgan fingerprint density at radius 1 is 1.22 bits per heavy atom. The summed E-state index contributed by atoms with van der Waals surface area (Å²) in [6.07, 6.45) is 11.0. The van der Waals surface area contributed by atoms with Crippen LogP contribution in [0.5, 0.6) is 0 Å². The van der Waals surface area contributed by atoms with E-state index < -0.39 is 0 Å². The monoisotopic (exact) mass is 242 g/mol. The van der Waals surface area contributed by atoms with Crippen LogP contribution < -0.4 is 5.32 Å². The van der Waals surface area contributed by atoms with E-state index in [4.69, 9.17) is 0 Å². The Kier molecular flexibility index (Phi) is 2.56. The molecular formula is C12H14N6. The van der Waals surface area contributed by atoms with Crippen molar-refractivity contribution in [3.8, 4) is 0 Å². The molecule has 0 saturated heterocycles. The summed E-state index contributed by atoms with van der Waals surface area (Å²) >= 11 is 0. The molecule has 0 aromatic carbocycles. The van der Waals surface area contributed by atoms with E-state index in [0.717, 1.165) is 16.9 Å². The summed E-state index contributed by atoms with van der Waals surface area (Å²) in [5, 5.41) is 7.60. The first kappa shape index (κ1) is 10.9. The molecule has 0 bridgehead atoms. The predicted octanol–water partition coefficient (Wildman–Crippen LogP) is 0.772. The van der Waals surface area contributed by atoms with Gasteiger partial charge in [0.15, 0.2) is 0 Å². The number of imidazole rings is 1. The molecule has 0 aliphatic rings. The molecule has 0 aliphatic heterocycles. The van der Waals surface area contributed by atoms with E-state index in [1.807, 2.05) is 48.0 Å². The standard InChI is InChI=1S/C12H14N6/c1-13-11(12-15-4-5-17(12)2)9-7-16-18-6-3-14-8-10(9)18/h3-8,11,13H,1-2H3. The number of nitrogens with one attached hydrogen (secondary N) is 1. The highest BCUT2D eigenvalue weighted by atomic mass is 15.2. The number of nitrogens with zero attached hydrogens (tertiary/aromatic N) is 5. The Bertz CT molecular complexity index is 668. The summed E-state index contributed by atoms with van der Waals surface area (Å²) in [6.45, 7) is 0. The van der Waals surface area contributed by atoms with Crippen LogP contribution >= 0.6 is 0 Å². The van der Waals surface area contributed by atoms with E-state index in [1.165, 1.54) is 0 Å². The SMILES string of the molecule is CNC(c1cnn2ccncc12)c1nccn1C. The molecule has 0 radical (unpaired) electrons. The van der Waals surface area contributed by atoms with E-state index in [1.54, 1.807) is 12.4 Å². The van der Waals surface area contributed by atoms with Crippen LogP contribution in [0, 0.1) is 0 Å². The van der Waals surface area contributed by atoms with E-state index in [0.29, 0.717) is 0 Å². The quantitative estimate of drug-likeness (QED) is 0.737. The molecule has 0 saturated carbocycles. The maximum absolute atomic E-state index is 4.39. The maximum Gasteiger partial charge on any atom is 0.130 e. The summed E-state index contributed by atoms with van der Waals surface area (Å²) in [5.41, 5.74) is 2.06. The Morgan fingerprint density at radius 3 is 2.83 bits per heavy atom. The number of aryl methyl sites for hydroxylation is 1. The van der Waals surface area contributed by atoms with Crippen molar-refractivity contribution in [3.63, 3.8) is 0 Å². The van der Waals surface area contributed by atoms with Crippen molar-refractivity contribution in [1.29, 1.82) is 0 Å². The second kappa shape index (κ2) is 4.23. The average molecular weight is 242 g/mol. The van der Waals surface area contributed by atoms with E-state index >= 15 is 0 Å². The summed E-state index contributed by atoms with van der Waals surface area (Å²) in [6, 6.07) is 0.00620. The largest absolute Gasteiger partial charge is 0.336 e. The van der Waals surface area contributed by atoms with E-state index in [9.17, 15) is 0 Å². The molecule has 1 atom stereocenters. The molecule has 18 heavy (non-hydrogen) atoms. The Labute approximate surface area is 104 Å². The Morgan fingerprint density at radius 2 is 2.11 bits per heavy atom. The van der Waals surface area contributed by atoms with Gasteiger partial charge in [-0.05, 0) is 7.05 Å². The first-order valence-electron chi connectivity index (χ1n) is 5.73. The number of hydrogen-bond acceptors (Lipinski definition) is 4. The van der Waals surface area contributed by atoms with Gasteiger partial charge < -0.3 is 9.88 Å². The lowest BCUT2D eigenvalue weighted by Crippen LogP contribution is -2.21. The first-order valence-corrected chi connectivity index (χ1v) is 5.73. The second-order valence-corrected chi connectivity index (χ2v) is 4.12. The predicted molar refractivity (Wildman–Crippen MR) is 67.1 cm³/mol. The molecule has 0 amide bonds. The van der Waals surface area contributed by atoms with Gasteiger partial charge in [-0.2, -0.15) is 5.10 Å². The van der Waals surface area contributed by atoms with Crippen LogP contribution in [0.2, 0.25) is 0 Å². The van der Waals surface area contributed by atoms with Crippen LogP contribution in [0.4, 0.5) is 0 Å². The molecule has 3 heterocycles. The highest BCUT2D eigenvalue weighted by Gasteiger charge is 2.20. The van der Waals surface area contributed by atoms with Gasteiger partial charge in [-0.1, -0.05) is 0 Å². The Balaban J connectivity index is 2.15. The number of fused-ring (bicyclic) bond motifs is 1. The molecule has 6 nitrogen and oxygen atoms in total. The molecule has 1 unspecified atom stereocenters. The van der Waals surface area contributed by atoms with Crippen LogP contribution in [0.15, 0.2) is 37.2 Å². The lowest BCUT2D eigenvalue weighted by molar-refractivity contribution is 0.620. The van der Waals surface area contributed by atoms with E-state index in [2.05, 4.69) is 20.4 Å². The van der Waals surface area contributed by atoms with Gasteiger partial charge in [0.05, 0.1) is 24.0 Å². The summed E-state index contributed by atoms with van der Waals surface area (Å²) < 4.78 is 3.82. The van der Waals surface area contributed by atoms with Crippen LogP contribution in [-0.4, -0.2) is 31.2 Å². The molecule has 3 rings (SSSR count). The third kappa shape index (κ3) is 1.58. The summed E-state index contributed by atoms with van der Waals surface area (Å²) in [5.74, 6) is 0.955. The van der Waals surface area contributed by atoms with E-state index in [-0.39, 0.29) is 6.04 Å². The summed E-state index contributed by atoms with van der Waals surface area (Å²) in [7, 11) is 3.90. The fraction of sp³-hybridized carbons (Fsp3) is 0.250. The molecule has 0 aliphatic carbocycles. The maximum atomic E-state index is 4.39. The first-order chi connectivity index (χ1) is 8.81. The molecule has 0 fully saturated rings. The zero-order valence-electron chi connectivity index (χ0n) is 10.3. The van der Waals surface area contributed by atoms with Crippen LogP contribution in [0.1, 0.15) is 17.4 Å². The zero-order valence-corrected chi connectivity index (χ0v) is 10.3. The fourth-order valence-corrected chi connectivity index (χ4v) is 2.15. The minimum absolute atomic E-state index is 0.00620. The van der Waals surface area contributed by atoms with Gasteiger partial charge in [0, 0.05) is 37.4 Å². The third-order valence-corrected chi connectivity index (χ3v) is 3.07. The van der Waals surface area contributed by atoms with Gasteiger partial charge in [-0.25, -0.2) is 9.50 Å². The minimum atomic E-state index is 0.00620. The van der Waals surface area contributed by atoms with Gasteiger partial charge in [0.2, 0.25) is 0 Å². The topological polar surface area (TPSA) is 60.0 Å².